The molecule has 3 aromatic rings. The second-order valence-corrected chi connectivity index (χ2v) is 9.02. The molecule has 34 heavy (non-hydrogen) atoms. The van der Waals surface area contributed by atoms with Crippen molar-refractivity contribution in [3.8, 4) is 17.3 Å². The zero-order chi connectivity index (χ0) is 23.9. The van der Waals surface area contributed by atoms with Crippen LogP contribution in [0.25, 0.3) is 5.69 Å². The highest BCUT2D eigenvalue weighted by Crippen LogP contribution is 2.35. The number of hydrogen-bond donors (Lipinski definition) is 1. The van der Waals surface area contributed by atoms with E-state index in [1.807, 2.05) is 36.4 Å². The smallest absolute Gasteiger partial charge is 0.227 e. The van der Waals surface area contributed by atoms with Crippen LogP contribution in [0.2, 0.25) is 0 Å². The van der Waals surface area contributed by atoms with Gasteiger partial charge in [-0.25, -0.2) is 9.07 Å². The number of aromatic nitrogens is 2. The van der Waals surface area contributed by atoms with E-state index in [9.17, 15) is 9.50 Å². The Hall–Kier alpha value is -2.96. The van der Waals surface area contributed by atoms with Crippen LogP contribution in [-0.4, -0.2) is 39.0 Å². The Morgan fingerprint density at radius 1 is 1.21 bits per heavy atom. The van der Waals surface area contributed by atoms with Crippen LogP contribution >= 0.6 is 0 Å². The fourth-order valence-corrected chi connectivity index (χ4v) is 4.19. The van der Waals surface area contributed by atoms with Crippen molar-refractivity contribution in [1.29, 1.82) is 0 Å². The lowest BCUT2D eigenvalue weighted by atomic mass is 10.1. The van der Waals surface area contributed by atoms with Gasteiger partial charge in [0.2, 0.25) is 5.88 Å². The zero-order valence-corrected chi connectivity index (χ0v) is 19.9. The number of aliphatic hydroxyl groups excluding tert-OH is 1. The summed E-state index contributed by atoms with van der Waals surface area (Å²) < 4.78 is 22.5. The van der Waals surface area contributed by atoms with Crippen molar-refractivity contribution in [2.24, 2.45) is 5.92 Å². The molecule has 0 bridgehead atoms. The first kappa shape index (κ1) is 24.2. The van der Waals surface area contributed by atoms with E-state index in [4.69, 9.17) is 9.84 Å². The summed E-state index contributed by atoms with van der Waals surface area (Å²) in [7, 11) is 0. The average molecular weight is 464 g/mol. The summed E-state index contributed by atoms with van der Waals surface area (Å²) in [5, 5.41) is 15.5. The van der Waals surface area contributed by atoms with Gasteiger partial charge in [-0.1, -0.05) is 43.3 Å². The first-order chi connectivity index (χ1) is 16.6. The van der Waals surface area contributed by atoms with Gasteiger partial charge in [0.1, 0.15) is 0 Å². The molecule has 0 unspecified atom stereocenters. The number of rotatable bonds is 13. The Bertz CT molecular complexity index is 1080. The highest BCUT2D eigenvalue weighted by molar-refractivity contribution is 5.44. The van der Waals surface area contributed by atoms with Gasteiger partial charge in [-0.3, -0.25) is 4.90 Å². The van der Waals surface area contributed by atoms with Crippen molar-refractivity contribution in [2.45, 2.75) is 51.7 Å². The maximum atomic E-state index is 14.6. The maximum absolute atomic E-state index is 14.6. The van der Waals surface area contributed by atoms with Crippen LogP contribution in [0.4, 0.5) is 4.39 Å². The topological polar surface area (TPSA) is 50.5 Å². The molecule has 0 amide bonds. The second kappa shape index (κ2) is 11.4. The van der Waals surface area contributed by atoms with E-state index < -0.39 is 11.9 Å². The SMILES string of the molecule is C=CCC[C@@H](O)CN(Cc1c(CC)nn(-c2ccccc2)c1Oc1ccccc1F)CC1CC1. The number of para-hydroxylation sites is 2. The fraction of sp³-hybridized carbons (Fsp3) is 0.393. The molecular formula is C28H34FN3O2. The molecule has 1 atom stereocenters. The first-order valence-electron chi connectivity index (χ1n) is 12.2. The minimum Gasteiger partial charge on any atom is -0.435 e. The van der Waals surface area contributed by atoms with Crippen LogP contribution in [-0.2, 0) is 13.0 Å². The molecule has 0 radical (unpaired) electrons. The number of hydrogen-bond acceptors (Lipinski definition) is 4. The van der Waals surface area contributed by atoms with Crippen molar-refractivity contribution in [3.05, 3.63) is 84.3 Å². The molecule has 0 saturated heterocycles. The Kier molecular flexibility index (Phi) is 8.14. The molecule has 6 heteroatoms. The van der Waals surface area contributed by atoms with Gasteiger partial charge in [0.25, 0.3) is 0 Å². The molecule has 1 aliphatic rings. The Morgan fingerprint density at radius 2 is 1.94 bits per heavy atom. The first-order valence-corrected chi connectivity index (χ1v) is 12.2. The van der Waals surface area contributed by atoms with Gasteiger partial charge >= 0.3 is 0 Å². The van der Waals surface area contributed by atoms with E-state index in [0.717, 1.165) is 36.3 Å². The largest absolute Gasteiger partial charge is 0.435 e. The predicted octanol–water partition coefficient (Wildman–Crippen LogP) is 5.91. The standard InChI is InChI=1S/C28H34FN3O2/c1-3-5-13-23(33)19-31(18-21-16-17-21)20-24-26(4-2)30-32(22-11-7-6-8-12-22)28(24)34-27-15-10-9-14-25(27)29/h3,6-12,14-15,21,23,33H,1,4-5,13,16-20H2,2H3/t23-/m1/s1. The van der Waals surface area contributed by atoms with E-state index in [2.05, 4.69) is 18.4 Å². The maximum Gasteiger partial charge on any atom is 0.227 e. The second-order valence-electron chi connectivity index (χ2n) is 9.02. The summed E-state index contributed by atoms with van der Waals surface area (Å²) in [6.45, 7) is 7.91. The molecule has 0 aliphatic heterocycles. The lowest BCUT2D eigenvalue weighted by Gasteiger charge is -2.25. The van der Waals surface area contributed by atoms with Gasteiger partial charge < -0.3 is 9.84 Å². The van der Waals surface area contributed by atoms with Crippen LogP contribution in [0.5, 0.6) is 11.6 Å². The van der Waals surface area contributed by atoms with Crippen molar-refractivity contribution >= 4 is 0 Å². The van der Waals surface area contributed by atoms with Crippen molar-refractivity contribution in [1.82, 2.24) is 14.7 Å². The van der Waals surface area contributed by atoms with E-state index in [0.29, 0.717) is 31.3 Å². The number of halogens is 1. The van der Waals surface area contributed by atoms with Crippen LogP contribution in [0.1, 0.15) is 43.9 Å². The van der Waals surface area contributed by atoms with Gasteiger partial charge in [0.15, 0.2) is 11.6 Å². The van der Waals surface area contributed by atoms with E-state index in [1.165, 1.54) is 18.9 Å². The molecule has 1 fully saturated rings. The van der Waals surface area contributed by atoms with Crippen molar-refractivity contribution < 1.29 is 14.2 Å². The molecule has 2 aromatic carbocycles. The number of aryl methyl sites for hydroxylation is 1. The minimum atomic E-state index is -0.429. The summed E-state index contributed by atoms with van der Waals surface area (Å²) in [5.41, 5.74) is 2.71. The predicted molar refractivity (Wildman–Crippen MR) is 133 cm³/mol. The van der Waals surface area contributed by atoms with Crippen molar-refractivity contribution in [2.75, 3.05) is 13.1 Å². The van der Waals surface area contributed by atoms with Crippen LogP contribution in [0, 0.1) is 11.7 Å². The number of aliphatic hydroxyl groups is 1. The summed E-state index contributed by atoms with van der Waals surface area (Å²) in [6, 6.07) is 16.2. The number of allylic oxidation sites excluding steroid dienone is 1. The van der Waals surface area contributed by atoms with E-state index in [1.54, 1.807) is 22.9 Å². The number of nitrogens with zero attached hydrogens (tertiary/aromatic N) is 3. The van der Waals surface area contributed by atoms with Crippen LogP contribution in [0.3, 0.4) is 0 Å². The molecule has 1 saturated carbocycles. The van der Waals surface area contributed by atoms with Crippen molar-refractivity contribution in [3.63, 3.8) is 0 Å². The highest BCUT2D eigenvalue weighted by atomic mass is 19.1. The normalized spacial score (nSPS) is 14.4. The Balaban J connectivity index is 1.70. The lowest BCUT2D eigenvalue weighted by molar-refractivity contribution is 0.0990. The summed E-state index contributed by atoms with van der Waals surface area (Å²) >= 11 is 0. The van der Waals surface area contributed by atoms with Gasteiger partial charge in [-0.05, 0) is 62.3 Å². The quantitative estimate of drug-likeness (QED) is 0.321. The fourth-order valence-electron chi connectivity index (χ4n) is 4.19. The molecule has 1 N–H and O–H groups in total. The molecule has 180 valence electrons. The third kappa shape index (κ3) is 6.13. The van der Waals surface area contributed by atoms with Crippen LogP contribution < -0.4 is 4.74 Å². The molecule has 1 aromatic heterocycles. The molecule has 5 nitrogen and oxygen atoms in total. The summed E-state index contributed by atoms with van der Waals surface area (Å²) in [5.74, 6) is 0.941. The Morgan fingerprint density at radius 3 is 2.62 bits per heavy atom. The van der Waals surface area contributed by atoms with Gasteiger partial charge in [0.05, 0.1) is 23.0 Å². The molecule has 1 aliphatic carbocycles. The molecule has 0 spiro atoms. The van der Waals surface area contributed by atoms with E-state index >= 15 is 0 Å². The van der Waals surface area contributed by atoms with Gasteiger partial charge in [-0.15, -0.1) is 6.58 Å². The average Bonchev–Trinajstić information content (AvgIpc) is 3.60. The monoisotopic (exact) mass is 463 g/mol. The molecular weight excluding hydrogens is 429 g/mol. The molecule has 1 heterocycles. The minimum absolute atomic E-state index is 0.170. The molecule has 4 rings (SSSR count). The van der Waals surface area contributed by atoms with Gasteiger partial charge in [0, 0.05) is 19.6 Å². The third-order valence-electron chi connectivity index (χ3n) is 6.17. The lowest BCUT2D eigenvalue weighted by Crippen LogP contribution is -2.34. The number of benzene rings is 2. The summed E-state index contributed by atoms with van der Waals surface area (Å²) in [6.07, 6.45) is 6.05. The van der Waals surface area contributed by atoms with Gasteiger partial charge in [-0.2, -0.15) is 5.10 Å². The van der Waals surface area contributed by atoms with E-state index in [-0.39, 0.29) is 5.75 Å². The number of ether oxygens (including phenoxy) is 1. The zero-order valence-electron chi connectivity index (χ0n) is 19.9. The van der Waals surface area contributed by atoms with Crippen LogP contribution in [0.15, 0.2) is 67.3 Å². The highest BCUT2D eigenvalue weighted by Gasteiger charge is 2.28. The summed E-state index contributed by atoms with van der Waals surface area (Å²) in [4.78, 5) is 2.30. The Labute approximate surface area is 201 Å². The third-order valence-corrected chi connectivity index (χ3v) is 6.17.